The van der Waals surface area contributed by atoms with E-state index in [4.69, 9.17) is 4.74 Å². The van der Waals surface area contributed by atoms with E-state index in [1.807, 2.05) is 18.3 Å². The Hall–Kier alpha value is -1.07. The van der Waals surface area contributed by atoms with Crippen LogP contribution in [0.4, 0.5) is 0 Å². The molecule has 1 atom stereocenters. The Morgan fingerprint density at radius 2 is 2.10 bits per heavy atom. The highest BCUT2D eigenvalue weighted by atomic mass is 32.1. The van der Waals surface area contributed by atoms with Crippen LogP contribution in [0.2, 0.25) is 0 Å². The van der Waals surface area contributed by atoms with Gasteiger partial charge in [0.25, 0.3) is 0 Å². The molecule has 1 unspecified atom stereocenters. The fourth-order valence-electron chi connectivity index (χ4n) is 2.13. The maximum absolute atomic E-state index is 5.75. The van der Waals surface area contributed by atoms with Crippen LogP contribution >= 0.6 is 11.3 Å². The second-order valence-corrected chi connectivity index (χ2v) is 6.76. The Bertz CT molecular complexity index is 429. The molecule has 0 aromatic carbocycles. The van der Waals surface area contributed by atoms with Crippen molar-refractivity contribution in [2.45, 2.75) is 46.8 Å². The van der Waals surface area contributed by atoms with E-state index in [1.165, 1.54) is 9.75 Å². The highest BCUT2D eigenvalue weighted by Crippen LogP contribution is 2.14. The molecule has 1 aromatic rings. The van der Waals surface area contributed by atoms with Crippen molar-refractivity contribution in [1.82, 2.24) is 10.6 Å². The van der Waals surface area contributed by atoms with Crippen LogP contribution in [0.1, 0.15) is 36.9 Å². The van der Waals surface area contributed by atoms with Crippen LogP contribution in [0.5, 0.6) is 0 Å². The van der Waals surface area contributed by atoms with Gasteiger partial charge in [-0.15, -0.1) is 11.3 Å². The summed E-state index contributed by atoms with van der Waals surface area (Å²) in [5.74, 6) is 1.39. The van der Waals surface area contributed by atoms with Crippen molar-refractivity contribution in [3.05, 3.63) is 21.9 Å². The summed E-state index contributed by atoms with van der Waals surface area (Å²) in [5, 5.41) is 6.70. The molecule has 2 N–H and O–H groups in total. The maximum atomic E-state index is 5.75. The molecule has 0 aliphatic rings. The average molecular weight is 311 g/mol. The fraction of sp³-hybridized carbons (Fsp3) is 0.688. The molecule has 1 aromatic heterocycles. The van der Waals surface area contributed by atoms with Crippen molar-refractivity contribution in [1.29, 1.82) is 0 Å². The van der Waals surface area contributed by atoms with Gasteiger partial charge in [0.2, 0.25) is 0 Å². The number of ether oxygens (including phenoxy) is 1. The molecule has 120 valence electrons. The third-order valence-electron chi connectivity index (χ3n) is 3.30. The standard InChI is InChI=1S/C16H29N3OS/c1-6-20-15(12(2)3)9-10-18-16(17-5)19-11-14-8-7-13(4)21-14/h7-8,12,15H,6,9-11H2,1-5H3,(H2,17,18,19). The molecule has 0 radical (unpaired) electrons. The number of aliphatic imine (C=N–C) groups is 1. The molecule has 0 amide bonds. The predicted octanol–water partition coefficient (Wildman–Crippen LogP) is 3.17. The van der Waals surface area contributed by atoms with Crippen LogP contribution in [0.25, 0.3) is 0 Å². The maximum Gasteiger partial charge on any atom is 0.191 e. The molecule has 0 saturated heterocycles. The van der Waals surface area contributed by atoms with E-state index in [0.717, 1.165) is 32.1 Å². The molecule has 21 heavy (non-hydrogen) atoms. The van der Waals surface area contributed by atoms with Crippen LogP contribution in [0, 0.1) is 12.8 Å². The first-order valence-corrected chi connectivity index (χ1v) is 8.49. The van der Waals surface area contributed by atoms with E-state index in [9.17, 15) is 0 Å². The zero-order valence-corrected chi connectivity index (χ0v) is 14.7. The fourth-order valence-corrected chi connectivity index (χ4v) is 2.96. The molecular weight excluding hydrogens is 282 g/mol. The van der Waals surface area contributed by atoms with Gasteiger partial charge in [0.05, 0.1) is 12.6 Å². The summed E-state index contributed by atoms with van der Waals surface area (Å²) in [6.07, 6.45) is 1.30. The number of rotatable bonds is 8. The van der Waals surface area contributed by atoms with Gasteiger partial charge in [0.1, 0.15) is 0 Å². The molecule has 1 heterocycles. The third kappa shape index (κ3) is 6.96. The lowest BCUT2D eigenvalue weighted by molar-refractivity contribution is 0.0258. The van der Waals surface area contributed by atoms with Gasteiger partial charge in [0, 0.05) is 30.0 Å². The number of guanidine groups is 1. The number of hydrogen-bond acceptors (Lipinski definition) is 3. The first-order valence-electron chi connectivity index (χ1n) is 7.68. The summed E-state index contributed by atoms with van der Waals surface area (Å²) in [6.45, 7) is 11.0. The van der Waals surface area contributed by atoms with Crippen molar-refractivity contribution in [2.75, 3.05) is 20.2 Å². The van der Waals surface area contributed by atoms with Gasteiger partial charge in [-0.2, -0.15) is 0 Å². The van der Waals surface area contributed by atoms with E-state index in [2.05, 4.69) is 48.5 Å². The topological polar surface area (TPSA) is 45.6 Å². The molecule has 0 aliphatic heterocycles. The zero-order valence-electron chi connectivity index (χ0n) is 13.9. The normalized spacial score (nSPS) is 13.5. The van der Waals surface area contributed by atoms with E-state index in [1.54, 1.807) is 7.05 Å². The molecule has 5 heteroatoms. The van der Waals surface area contributed by atoms with Gasteiger partial charge in [-0.05, 0) is 38.3 Å². The van der Waals surface area contributed by atoms with Crippen molar-refractivity contribution in [3.8, 4) is 0 Å². The minimum Gasteiger partial charge on any atom is -0.378 e. The van der Waals surface area contributed by atoms with Gasteiger partial charge in [-0.25, -0.2) is 0 Å². The number of nitrogens with zero attached hydrogens (tertiary/aromatic N) is 1. The Balaban J connectivity index is 2.31. The summed E-state index contributed by atoms with van der Waals surface area (Å²) in [6, 6.07) is 4.30. The second-order valence-electron chi connectivity index (χ2n) is 5.39. The van der Waals surface area contributed by atoms with Gasteiger partial charge >= 0.3 is 0 Å². The van der Waals surface area contributed by atoms with Crippen LogP contribution < -0.4 is 10.6 Å². The first kappa shape index (κ1) is 18.0. The highest BCUT2D eigenvalue weighted by Gasteiger charge is 2.12. The molecule has 0 saturated carbocycles. The lowest BCUT2D eigenvalue weighted by Crippen LogP contribution is -2.38. The molecule has 0 spiro atoms. The lowest BCUT2D eigenvalue weighted by atomic mass is 10.0. The number of hydrogen-bond donors (Lipinski definition) is 2. The van der Waals surface area contributed by atoms with Gasteiger partial charge in [-0.3, -0.25) is 4.99 Å². The van der Waals surface area contributed by atoms with Crippen molar-refractivity contribution in [2.24, 2.45) is 10.9 Å². The van der Waals surface area contributed by atoms with Gasteiger partial charge in [-0.1, -0.05) is 13.8 Å². The van der Waals surface area contributed by atoms with Crippen LogP contribution in [-0.4, -0.2) is 32.3 Å². The molecular formula is C16H29N3OS. The molecule has 0 aliphatic carbocycles. The predicted molar refractivity (Wildman–Crippen MR) is 92.1 cm³/mol. The van der Waals surface area contributed by atoms with E-state index >= 15 is 0 Å². The van der Waals surface area contributed by atoms with E-state index in [0.29, 0.717) is 12.0 Å². The van der Waals surface area contributed by atoms with Crippen LogP contribution in [0.3, 0.4) is 0 Å². The number of thiophene rings is 1. The Morgan fingerprint density at radius 3 is 2.62 bits per heavy atom. The average Bonchev–Trinajstić information content (AvgIpc) is 2.86. The number of aryl methyl sites for hydroxylation is 1. The Kier molecular flexibility index (Phi) is 8.38. The van der Waals surface area contributed by atoms with Crippen LogP contribution in [-0.2, 0) is 11.3 Å². The Labute approximate surface area is 133 Å². The summed E-state index contributed by atoms with van der Waals surface area (Å²) >= 11 is 1.81. The molecule has 0 bridgehead atoms. The highest BCUT2D eigenvalue weighted by molar-refractivity contribution is 7.11. The van der Waals surface area contributed by atoms with Crippen molar-refractivity contribution < 1.29 is 4.74 Å². The monoisotopic (exact) mass is 311 g/mol. The largest absolute Gasteiger partial charge is 0.378 e. The number of nitrogens with one attached hydrogen (secondary N) is 2. The summed E-state index contributed by atoms with van der Waals surface area (Å²) in [7, 11) is 1.80. The minimum atomic E-state index is 0.306. The SMILES string of the molecule is CCOC(CCNC(=NC)NCc1ccc(C)s1)C(C)C. The summed E-state index contributed by atoms with van der Waals surface area (Å²) in [4.78, 5) is 6.92. The lowest BCUT2D eigenvalue weighted by Gasteiger charge is -2.21. The van der Waals surface area contributed by atoms with E-state index in [-0.39, 0.29) is 0 Å². The molecule has 4 nitrogen and oxygen atoms in total. The zero-order chi connectivity index (χ0) is 15.7. The smallest absolute Gasteiger partial charge is 0.191 e. The Morgan fingerprint density at radius 1 is 1.33 bits per heavy atom. The minimum absolute atomic E-state index is 0.306. The van der Waals surface area contributed by atoms with Crippen molar-refractivity contribution in [3.63, 3.8) is 0 Å². The van der Waals surface area contributed by atoms with Crippen LogP contribution in [0.15, 0.2) is 17.1 Å². The molecule has 1 rings (SSSR count). The third-order valence-corrected chi connectivity index (χ3v) is 4.30. The molecule has 0 fully saturated rings. The quantitative estimate of drug-likeness (QED) is 0.572. The first-order chi connectivity index (χ1) is 10.1. The summed E-state index contributed by atoms with van der Waals surface area (Å²) < 4.78 is 5.75. The summed E-state index contributed by atoms with van der Waals surface area (Å²) in [5.41, 5.74) is 0. The van der Waals surface area contributed by atoms with E-state index < -0.39 is 0 Å². The second kappa shape index (κ2) is 9.79. The van der Waals surface area contributed by atoms with Gasteiger partial charge in [0.15, 0.2) is 5.96 Å². The van der Waals surface area contributed by atoms with Crippen molar-refractivity contribution >= 4 is 17.3 Å². The van der Waals surface area contributed by atoms with Gasteiger partial charge < -0.3 is 15.4 Å².